The van der Waals surface area contributed by atoms with Crippen molar-refractivity contribution in [2.75, 3.05) is 44.3 Å². The number of hydrogen-bond donors (Lipinski definition) is 0. The number of esters is 1. The maximum atomic E-state index is 13.3. The van der Waals surface area contributed by atoms with Crippen molar-refractivity contribution in [3.05, 3.63) is 132 Å². The number of nitrogens with zero attached hydrogens (tertiary/aromatic N) is 6. The first-order chi connectivity index (χ1) is 29.0. The highest BCUT2D eigenvalue weighted by Crippen LogP contribution is 2.26. The smallest absolute Gasteiger partial charge is 0.343 e. The third-order valence-electron chi connectivity index (χ3n) is 9.97. The van der Waals surface area contributed by atoms with E-state index in [1.165, 1.54) is 38.5 Å². The van der Waals surface area contributed by atoms with Crippen LogP contribution in [0.1, 0.15) is 85.9 Å². The fourth-order valence-corrected chi connectivity index (χ4v) is 6.46. The highest BCUT2D eigenvalue weighted by molar-refractivity contribution is 5.94. The van der Waals surface area contributed by atoms with Crippen molar-refractivity contribution in [1.82, 2.24) is 4.90 Å². The molecular weight excluding hydrogens is 741 g/mol. The average Bonchev–Trinajstić information content (AvgIpc) is 3.28. The van der Waals surface area contributed by atoms with Crippen LogP contribution in [0.25, 0.3) is 0 Å². The molecule has 6 rings (SSSR count). The molecule has 5 aromatic rings. The van der Waals surface area contributed by atoms with Gasteiger partial charge in [-0.15, -0.1) is 0 Å². The number of ether oxygens (including phenoxy) is 3. The summed E-state index contributed by atoms with van der Waals surface area (Å²) < 4.78 is 17.3. The van der Waals surface area contributed by atoms with E-state index < -0.39 is 5.97 Å². The molecule has 0 bridgehead atoms. The minimum absolute atomic E-state index is 0.0132. The van der Waals surface area contributed by atoms with Crippen LogP contribution in [0.2, 0.25) is 0 Å². The summed E-state index contributed by atoms with van der Waals surface area (Å²) in [5, 5.41) is 17.3. The number of piperazine rings is 1. The number of azo groups is 2. The zero-order chi connectivity index (χ0) is 41.1. The number of rotatable bonds is 20. The molecule has 0 aromatic heterocycles. The van der Waals surface area contributed by atoms with Crippen LogP contribution in [0.3, 0.4) is 0 Å². The van der Waals surface area contributed by atoms with Crippen molar-refractivity contribution >= 4 is 40.3 Å². The molecule has 306 valence electrons. The summed E-state index contributed by atoms with van der Waals surface area (Å²) >= 11 is 0. The molecule has 0 unspecified atom stereocenters. The number of carbonyl (C=O) groups excluding carboxylic acids is 2. The van der Waals surface area contributed by atoms with E-state index in [-0.39, 0.29) is 5.91 Å². The Balaban J connectivity index is 0.907. The molecule has 1 aliphatic rings. The molecule has 0 N–H and O–H groups in total. The van der Waals surface area contributed by atoms with Crippen LogP contribution < -0.4 is 19.1 Å². The molecule has 1 heterocycles. The Morgan fingerprint density at radius 3 is 1.32 bits per heavy atom. The van der Waals surface area contributed by atoms with E-state index in [0.717, 1.165) is 42.3 Å². The summed E-state index contributed by atoms with van der Waals surface area (Å²) in [5.74, 6) is 1.63. The topological polar surface area (TPSA) is 118 Å². The van der Waals surface area contributed by atoms with Crippen molar-refractivity contribution in [2.45, 2.75) is 65.2 Å². The molecule has 59 heavy (non-hydrogen) atoms. The Kier molecular flexibility index (Phi) is 16.1. The third kappa shape index (κ3) is 13.3. The number of anilines is 1. The van der Waals surface area contributed by atoms with Crippen LogP contribution in [0, 0.1) is 0 Å². The summed E-state index contributed by atoms with van der Waals surface area (Å²) in [6, 6.07) is 36.6. The molecule has 11 heteroatoms. The summed E-state index contributed by atoms with van der Waals surface area (Å²) in [5.41, 5.74) is 4.76. The predicted octanol–water partition coefficient (Wildman–Crippen LogP) is 12.6. The highest BCUT2D eigenvalue weighted by Gasteiger charge is 2.22. The van der Waals surface area contributed by atoms with E-state index in [1.54, 1.807) is 48.5 Å². The lowest BCUT2D eigenvalue weighted by atomic mass is 10.1. The zero-order valence-electron chi connectivity index (χ0n) is 34.2. The van der Waals surface area contributed by atoms with Crippen LogP contribution in [-0.4, -0.2) is 56.2 Å². The van der Waals surface area contributed by atoms with Crippen LogP contribution >= 0.6 is 0 Å². The lowest BCUT2D eigenvalue weighted by Crippen LogP contribution is -2.48. The monoisotopic (exact) mass is 794 g/mol. The molecule has 5 aromatic carbocycles. The Morgan fingerprint density at radius 2 is 0.881 bits per heavy atom. The maximum absolute atomic E-state index is 13.3. The third-order valence-corrected chi connectivity index (χ3v) is 9.97. The van der Waals surface area contributed by atoms with E-state index in [9.17, 15) is 9.59 Å². The van der Waals surface area contributed by atoms with Gasteiger partial charge in [0.15, 0.2) is 0 Å². The standard InChI is InChI=1S/C48H54N6O5/c1-3-5-7-9-35-57-44-25-19-41(20-26-44)51-49-39-15-11-37(12-16-39)47(55)54-33-31-53(32-34-54)43-23-29-46(30-24-43)59-48(56)38-13-17-40(18-14-38)50-52-42-21-27-45(28-22-42)58-36-10-8-6-4-2/h11-30H,3-10,31-36H2,1-2H3. The van der Waals surface area contributed by atoms with Gasteiger partial charge in [-0.05, 0) is 134 Å². The van der Waals surface area contributed by atoms with Crippen molar-refractivity contribution in [2.24, 2.45) is 20.5 Å². The molecule has 0 spiro atoms. The van der Waals surface area contributed by atoms with E-state index >= 15 is 0 Å². The fourth-order valence-electron chi connectivity index (χ4n) is 6.46. The zero-order valence-corrected chi connectivity index (χ0v) is 34.2. The van der Waals surface area contributed by atoms with Gasteiger partial charge in [-0.2, -0.15) is 20.5 Å². The van der Waals surface area contributed by atoms with Crippen LogP contribution in [0.5, 0.6) is 17.2 Å². The van der Waals surface area contributed by atoms with Gasteiger partial charge in [0.05, 0.1) is 41.5 Å². The van der Waals surface area contributed by atoms with Crippen molar-refractivity contribution in [3.8, 4) is 17.2 Å². The second-order valence-electron chi connectivity index (χ2n) is 14.5. The van der Waals surface area contributed by atoms with Crippen molar-refractivity contribution in [1.29, 1.82) is 0 Å². The highest BCUT2D eigenvalue weighted by atomic mass is 16.5. The Morgan fingerprint density at radius 1 is 0.475 bits per heavy atom. The normalized spacial score (nSPS) is 12.9. The fraction of sp³-hybridized carbons (Fsp3) is 0.333. The molecule has 1 aliphatic heterocycles. The van der Waals surface area contributed by atoms with Gasteiger partial charge in [0, 0.05) is 37.4 Å². The Labute approximate surface area is 347 Å². The minimum Gasteiger partial charge on any atom is -0.494 e. The van der Waals surface area contributed by atoms with E-state index in [1.807, 2.05) is 77.7 Å². The molecule has 1 fully saturated rings. The Bertz CT molecular complexity index is 2090. The first kappa shape index (κ1) is 42.3. The van der Waals surface area contributed by atoms with Gasteiger partial charge in [-0.3, -0.25) is 4.79 Å². The van der Waals surface area contributed by atoms with Crippen LogP contribution in [-0.2, 0) is 0 Å². The first-order valence-electron chi connectivity index (χ1n) is 20.8. The van der Waals surface area contributed by atoms with Crippen LogP contribution in [0.15, 0.2) is 142 Å². The van der Waals surface area contributed by atoms with E-state index in [0.29, 0.717) is 66.7 Å². The Hall–Kier alpha value is -6.36. The molecular formula is C48H54N6O5. The number of hydrogen-bond acceptors (Lipinski definition) is 10. The molecule has 11 nitrogen and oxygen atoms in total. The summed E-state index contributed by atoms with van der Waals surface area (Å²) in [6.45, 7) is 8.37. The second-order valence-corrected chi connectivity index (χ2v) is 14.5. The summed E-state index contributed by atoms with van der Waals surface area (Å²) in [7, 11) is 0. The maximum Gasteiger partial charge on any atom is 0.343 e. The van der Waals surface area contributed by atoms with Crippen LogP contribution in [0.4, 0.5) is 28.4 Å². The lowest BCUT2D eigenvalue weighted by Gasteiger charge is -2.36. The SMILES string of the molecule is CCCCCCOc1ccc(N=Nc2ccc(C(=O)Oc3ccc(N4CCN(C(=O)c5ccc(N=Nc6ccc(OCCCCCC)cc6)cc5)CC4)cc3)cc2)cc1. The molecule has 0 saturated carbocycles. The van der Waals surface area contributed by atoms with E-state index in [2.05, 4.69) is 39.2 Å². The second kappa shape index (κ2) is 22.5. The molecule has 0 aliphatic carbocycles. The largest absolute Gasteiger partial charge is 0.494 e. The predicted molar refractivity (Wildman–Crippen MR) is 233 cm³/mol. The first-order valence-corrected chi connectivity index (χ1v) is 20.8. The molecule has 0 radical (unpaired) electrons. The van der Waals surface area contributed by atoms with Gasteiger partial charge in [0.1, 0.15) is 17.2 Å². The van der Waals surface area contributed by atoms with Gasteiger partial charge in [0.25, 0.3) is 5.91 Å². The van der Waals surface area contributed by atoms with Gasteiger partial charge in [0.2, 0.25) is 0 Å². The van der Waals surface area contributed by atoms with Gasteiger partial charge >= 0.3 is 5.97 Å². The minimum atomic E-state index is -0.460. The number of carbonyl (C=O) groups is 2. The average molecular weight is 795 g/mol. The van der Waals surface area contributed by atoms with Gasteiger partial charge in [-0.25, -0.2) is 4.79 Å². The number of unbranched alkanes of at least 4 members (excludes halogenated alkanes) is 6. The van der Waals surface area contributed by atoms with Crippen molar-refractivity contribution in [3.63, 3.8) is 0 Å². The van der Waals surface area contributed by atoms with Gasteiger partial charge in [-0.1, -0.05) is 52.4 Å². The quantitative estimate of drug-likeness (QED) is 0.0335. The summed E-state index contributed by atoms with van der Waals surface area (Å²) in [6.07, 6.45) is 9.35. The molecule has 1 amide bonds. The van der Waals surface area contributed by atoms with Gasteiger partial charge < -0.3 is 24.0 Å². The summed E-state index contributed by atoms with van der Waals surface area (Å²) in [4.78, 5) is 30.3. The molecule has 1 saturated heterocycles. The van der Waals surface area contributed by atoms with Crippen molar-refractivity contribution < 1.29 is 23.8 Å². The number of benzene rings is 5. The number of amides is 1. The molecule has 0 atom stereocenters. The lowest BCUT2D eigenvalue weighted by molar-refractivity contribution is 0.0731. The van der Waals surface area contributed by atoms with E-state index in [4.69, 9.17) is 14.2 Å².